The van der Waals surface area contributed by atoms with E-state index in [4.69, 9.17) is 0 Å². The first kappa shape index (κ1) is 9.10. The average molecular weight is 173 g/mol. The lowest BCUT2D eigenvalue weighted by atomic mass is 10.1. The fourth-order valence-electron chi connectivity index (χ4n) is 0.872. The Bertz CT molecular complexity index is 220. The second-order valence-corrected chi connectivity index (χ2v) is 2.47. The third kappa shape index (κ3) is 2.57. The van der Waals surface area contributed by atoms with Gasteiger partial charge in [-0.1, -0.05) is 24.3 Å². The molecule has 1 unspecified atom stereocenters. The SMILES string of the molecule is FC(F)C(F)Cc1c[c]ccc1. The van der Waals surface area contributed by atoms with Crippen molar-refractivity contribution in [1.29, 1.82) is 0 Å². The van der Waals surface area contributed by atoms with Crippen molar-refractivity contribution in [3.63, 3.8) is 0 Å². The molecule has 0 saturated carbocycles. The van der Waals surface area contributed by atoms with Gasteiger partial charge < -0.3 is 0 Å². The first-order valence-electron chi connectivity index (χ1n) is 3.57. The molecule has 65 valence electrons. The maximum atomic E-state index is 12.4. The second-order valence-electron chi connectivity index (χ2n) is 2.47. The minimum absolute atomic E-state index is 0.241. The van der Waals surface area contributed by atoms with Gasteiger partial charge >= 0.3 is 0 Å². The van der Waals surface area contributed by atoms with Crippen molar-refractivity contribution in [2.75, 3.05) is 0 Å². The number of halogens is 3. The van der Waals surface area contributed by atoms with E-state index in [2.05, 4.69) is 6.07 Å². The molecule has 3 heteroatoms. The van der Waals surface area contributed by atoms with Crippen LogP contribution in [0.1, 0.15) is 5.56 Å². The van der Waals surface area contributed by atoms with Gasteiger partial charge in [0.1, 0.15) is 0 Å². The minimum Gasteiger partial charge on any atom is -0.241 e. The third-order valence-electron chi connectivity index (χ3n) is 1.48. The molecule has 0 spiro atoms. The highest BCUT2D eigenvalue weighted by atomic mass is 19.3. The average Bonchev–Trinajstić information content (AvgIpc) is 2.06. The summed E-state index contributed by atoms with van der Waals surface area (Å²) in [6.45, 7) is 0. The van der Waals surface area contributed by atoms with E-state index in [1.54, 1.807) is 18.2 Å². The smallest absolute Gasteiger partial charge is 0.241 e. The molecule has 0 nitrogen and oxygen atoms in total. The molecule has 0 aliphatic rings. The summed E-state index contributed by atoms with van der Waals surface area (Å²) in [6.07, 6.45) is -5.21. The summed E-state index contributed by atoms with van der Waals surface area (Å²) in [5.74, 6) is 0. The maximum Gasteiger partial charge on any atom is 0.269 e. The maximum absolute atomic E-state index is 12.4. The van der Waals surface area contributed by atoms with Crippen molar-refractivity contribution in [2.45, 2.75) is 19.0 Å². The summed E-state index contributed by atoms with van der Waals surface area (Å²) in [5.41, 5.74) is 0.547. The zero-order chi connectivity index (χ0) is 8.97. The Morgan fingerprint density at radius 2 is 2.08 bits per heavy atom. The van der Waals surface area contributed by atoms with Gasteiger partial charge in [0.05, 0.1) is 0 Å². The summed E-state index contributed by atoms with van der Waals surface area (Å²) in [6, 6.07) is 9.09. The molecule has 0 amide bonds. The molecule has 0 heterocycles. The largest absolute Gasteiger partial charge is 0.269 e. The normalized spacial score (nSPS) is 13.3. The van der Waals surface area contributed by atoms with E-state index in [9.17, 15) is 13.2 Å². The number of rotatable bonds is 3. The number of hydrogen-bond donors (Lipinski definition) is 0. The van der Waals surface area contributed by atoms with E-state index in [-0.39, 0.29) is 6.42 Å². The number of alkyl halides is 3. The Hall–Kier alpha value is -0.990. The fraction of sp³-hybridized carbons (Fsp3) is 0.333. The van der Waals surface area contributed by atoms with Gasteiger partial charge in [-0.2, -0.15) is 0 Å². The van der Waals surface area contributed by atoms with Crippen molar-refractivity contribution in [2.24, 2.45) is 0 Å². The molecule has 1 aromatic rings. The summed E-state index contributed by atoms with van der Waals surface area (Å²) in [4.78, 5) is 0. The Balaban J connectivity index is 2.53. The van der Waals surface area contributed by atoms with Crippen molar-refractivity contribution in [3.05, 3.63) is 35.9 Å². The van der Waals surface area contributed by atoms with E-state index in [0.29, 0.717) is 5.56 Å². The Labute approximate surface area is 69.0 Å². The highest BCUT2D eigenvalue weighted by Crippen LogP contribution is 2.11. The van der Waals surface area contributed by atoms with Crippen LogP contribution in [-0.2, 0) is 6.42 Å². The molecule has 0 aliphatic carbocycles. The molecule has 0 saturated heterocycles. The number of hydrogen-bond acceptors (Lipinski definition) is 0. The molecule has 0 aliphatic heterocycles. The first-order valence-corrected chi connectivity index (χ1v) is 3.57. The predicted molar refractivity (Wildman–Crippen MR) is 39.9 cm³/mol. The zero-order valence-corrected chi connectivity index (χ0v) is 6.31. The molecule has 0 bridgehead atoms. The van der Waals surface area contributed by atoms with Crippen LogP contribution in [0.4, 0.5) is 13.2 Å². The predicted octanol–water partition coefficient (Wildman–Crippen LogP) is 2.63. The van der Waals surface area contributed by atoms with Gasteiger partial charge in [0.25, 0.3) is 6.43 Å². The lowest BCUT2D eigenvalue weighted by molar-refractivity contribution is 0.0503. The van der Waals surface area contributed by atoms with Crippen molar-refractivity contribution in [1.82, 2.24) is 0 Å². The van der Waals surface area contributed by atoms with Gasteiger partial charge in [-0.05, 0) is 11.6 Å². The molecule has 1 aromatic carbocycles. The van der Waals surface area contributed by atoms with Crippen LogP contribution in [-0.4, -0.2) is 12.6 Å². The summed E-state index contributed by atoms with van der Waals surface area (Å²) in [5, 5.41) is 0. The number of benzene rings is 1. The summed E-state index contributed by atoms with van der Waals surface area (Å²) >= 11 is 0. The molecule has 12 heavy (non-hydrogen) atoms. The van der Waals surface area contributed by atoms with E-state index < -0.39 is 12.6 Å². The van der Waals surface area contributed by atoms with E-state index in [0.717, 1.165) is 0 Å². The van der Waals surface area contributed by atoms with Crippen LogP contribution in [0, 0.1) is 6.07 Å². The molecule has 1 atom stereocenters. The third-order valence-corrected chi connectivity index (χ3v) is 1.48. The Kier molecular flexibility index (Phi) is 3.14. The lowest BCUT2D eigenvalue weighted by Crippen LogP contribution is -2.14. The topological polar surface area (TPSA) is 0 Å². The molecule has 0 N–H and O–H groups in total. The van der Waals surface area contributed by atoms with Gasteiger partial charge in [-0.25, -0.2) is 13.2 Å². The first-order chi connectivity index (χ1) is 5.70. The van der Waals surface area contributed by atoms with Crippen LogP contribution in [0.15, 0.2) is 24.3 Å². The van der Waals surface area contributed by atoms with Crippen LogP contribution < -0.4 is 0 Å². The van der Waals surface area contributed by atoms with Crippen molar-refractivity contribution in [3.8, 4) is 0 Å². The van der Waals surface area contributed by atoms with Crippen LogP contribution in [0.5, 0.6) is 0 Å². The fourth-order valence-corrected chi connectivity index (χ4v) is 0.872. The van der Waals surface area contributed by atoms with Crippen molar-refractivity contribution < 1.29 is 13.2 Å². The monoisotopic (exact) mass is 173 g/mol. The molecule has 0 fully saturated rings. The summed E-state index contributed by atoms with van der Waals surface area (Å²) < 4.78 is 35.9. The van der Waals surface area contributed by atoms with Crippen molar-refractivity contribution >= 4 is 0 Å². The van der Waals surface area contributed by atoms with Gasteiger partial charge in [0.15, 0.2) is 6.17 Å². The van der Waals surface area contributed by atoms with E-state index in [1.165, 1.54) is 6.07 Å². The highest BCUT2D eigenvalue weighted by molar-refractivity contribution is 5.14. The lowest BCUT2D eigenvalue weighted by Gasteiger charge is -2.05. The van der Waals surface area contributed by atoms with Gasteiger partial charge in [0, 0.05) is 6.42 Å². The van der Waals surface area contributed by atoms with Gasteiger partial charge in [-0.3, -0.25) is 0 Å². The molecular weight excluding hydrogens is 165 g/mol. The molecule has 0 aromatic heterocycles. The highest BCUT2D eigenvalue weighted by Gasteiger charge is 2.18. The molecule has 1 radical (unpaired) electrons. The Morgan fingerprint density at radius 3 is 2.58 bits per heavy atom. The summed E-state index contributed by atoms with van der Waals surface area (Å²) in [7, 11) is 0. The zero-order valence-electron chi connectivity index (χ0n) is 6.31. The van der Waals surface area contributed by atoms with Crippen LogP contribution in [0.2, 0.25) is 0 Å². The van der Waals surface area contributed by atoms with Crippen LogP contribution >= 0.6 is 0 Å². The van der Waals surface area contributed by atoms with E-state index in [1.807, 2.05) is 0 Å². The molecule has 1 rings (SSSR count). The quantitative estimate of drug-likeness (QED) is 0.659. The van der Waals surface area contributed by atoms with E-state index >= 15 is 0 Å². The van der Waals surface area contributed by atoms with Crippen LogP contribution in [0.25, 0.3) is 0 Å². The Morgan fingerprint density at radius 1 is 1.33 bits per heavy atom. The van der Waals surface area contributed by atoms with Crippen LogP contribution in [0.3, 0.4) is 0 Å². The standard InChI is InChI=1S/C9H8F3/c10-8(9(11)12)6-7-4-2-1-3-5-7/h1-2,4-5,8-9H,6H2. The van der Waals surface area contributed by atoms with Gasteiger partial charge in [0.2, 0.25) is 0 Å². The molecular formula is C9H8F3. The second kappa shape index (κ2) is 4.14. The van der Waals surface area contributed by atoms with Gasteiger partial charge in [-0.15, -0.1) is 0 Å². The minimum atomic E-state index is -2.90.